The molecule has 5 atom stereocenters. The van der Waals surface area contributed by atoms with Crippen molar-refractivity contribution < 1.29 is 0 Å². The standard InChI is InChI=1S/C11H20/c1-7-4-11(9(7)3)6-10-5-8(10)2/h7-11H,4-6H2,1-3H3. The average molecular weight is 152 g/mol. The molecule has 0 heterocycles. The summed E-state index contributed by atoms with van der Waals surface area (Å²) in [6.45, 7) is 7.24. The van der Waals surface area contributed by atoms with Crippen LogP contribution in [-0.4, -0.2) is 0 Å². The average Bonchev–Trinajstić information content (AvgIpc) is 2.66. The maximum atomic E-state index is 2.44. The normalized spacial score (nSPS) is 55.4. The Morgan fingerprint density at radius 2 is 1.55 bits per heavy atom. The predicted octanol–water partition coefficient (Wildman–Crippen LogP) is 3.32. The van der Waals surface area contributed by atoms with Crippen LogP contribution >= 0.6 is 0 Å². The van der Waals surface area contributed by atoms with E-state index >= 15 is 0 Å². The molecule has 0 nitrogen and oxygen atoms in total. The molecule has 0 bridgehead atoms. The molecule has 2 rings (SSSR count). The monoisotopic (exact) mass is 152 g/mol. The SMILES string of the molecule is CC1CC1CC1CC(C)C1C. The van der Waals surface area contributed by atoms with Crippen molar-refractivity contribution in [2.75, 3.05) is 0 Å². The summed E-state index contributed by atoms with van der Waals surface area (Å²) in [5.41, 5.74) is 0. The molecule has 0 heteroatoms. The van der Waals surface area contributed by atoms with Crippen LogP contribution < -0.4 is 0 Å². The molecule has 0 radical (unpaired) electrons. The van der Waals surface area contributed by atoms with Gasteiger partial charge in [-0.05, 0) is 48.9 Å². The van der Waals surface area contributed by atoms with Crippen molar-refractivity contribution in [1.29, 1.82) is 0 Å². The van der Waals surface area contributed by atoms with E-state index in [1.54, 1.807) is 6.42 Å². The second-order valence-corrected chi connectivity index (χ2v) is 5.04. The fraction of sp³-hybridized carbons (Fsp3) is 1.00. The maximum absolute atomic E-state index is 2.44. The third-order valence-electron chi connectivity index (χ3n) is 4.20. The first-order valence-corrected chi connectivity index (χ1v) is 5.18. The van der Waals surface area contributed by atoms with Crippen LogP contribution in [0.4, 0.5) is 0 Å². The second-order valence-electron chi connectivity index (χ2n) is 5.04. The molecule has 2 aliphatic rings. The molecule has 0 aromatic heterocycles. The van der Waals surface area contributed by atoms with E-state index in [-0.39, 0.29) is 0 Å². The lowest BCUT2D eigenvalue weighted by Crippen LogP contribution is -2.32. The van der Waals surface area contributed by atoms with E-state index in [4.69, 9.17) is 0 Å². The Morgan fingerprint density at radius 3 is 1.91 bits per heavy atom. The summed E-state index contributed by atoms with van der Waals surface area (Å²) in [6.07, 6.45) is 4.59. The minimum absolute atomic E-state index is 1.02. The van der Waals surface area contributed by atoms with Crippen molar-refractivity contribution in [3.05, 3.63) is 0 Å². The van der Waals surface area contributed by atoms with E-state index in [1.807, 2.05) is 0 Å². The van der Waals surface area contributed by atoms with E-state index in [0.29, 0.717) is 0 Å². The van der Waals surface area contributed by atoms with Crippen LogP contribution in [-0.2, 0) is 0 Å². The molecule has 0 aliphatic heterocycles. The summed E-state index contributed by atoms with van der Waals surface area (Å²) in [7, 11) is 0. The van der Waals surface area contributed by atoms with Gasteiger partial charge in [0.1, 0.15) is 0 Å². The van der Waals surface area contributed by atoms with Gasteiger partial charge in [-0.25, -0.2) is 0 Å². The van der Waals surface area contributed by atoms with Crippen molar-refractivity contribution in [3.8, 4) is 0 Å². The molecule has 2 fully saturated rings. The van der Waals surface area contributed by atoms with E-state index in [1.165, 1.54) is 12.8 Å². The fourth-order valence-corrected chi connectivity index (χ4v) is 2.60. The first-order chi connectivity index (χ1) is 5.18. The van der Waals surface area contributed by atoms with E-state index in [9.17, 15) is 0 Å². The third kappa shape index (κ3) is 1.32. The summed E-state index contributed by atoms with van der Waals surface area (Å²) in [5, 5.41) is 0. The Bertz CT molecular complexity index is 150. The van der Waals surface area contributed by atoms with Crippen LogP contribution in [0, 0.1) is 29.6 Å². The van der Waals surface area contributed by atoms with Crippen molar-refractivity contribution in [2.24, 2.45) is 29.6 Å². The van der Waals surface area contributed by atoms with Crippen LogP contribution in [0.15, 0.2) is 0 Å². The largest absolute Gasteiger partial charge is 0.0622 e. The minimum atomic E-state index is 1.02. The van der Waals surface area contributed by atoms with Gasteiger partial charge >= 0.3 is 0 Å². The Kier molecular flexibility index (Phi) is 1.74. The van der Waals surface area contributed by atoms with Gasteiger partial charge in [-0.3, -0.25) is 0 Å². The quantitative estimate of drug-likeness (QED) is 0.569. The topological polar surface area (TPSA) is 0 Å². The highest BCUT2D eigenvalue weighted by Gasteiger charge is 2.41. The molecule has 5 unspecified atom stereocenters. The highest BCUT2D eigenvalue weighted by atomic mass is 14.5. The van der Waals surface area contributed by atoms with Crippen LogP contribution in [0.1, 0.15) is 40.0 Å². The third-order valence-corrected chi connectivity index (χ3v) is 4.20. The zero-order valence-electron chi connectivity index (χ0n) is 8.01. The molecule has 0 aromatic carbocycles. The molecule has 0 saturated heterocycles. The highest BCUT2D eigenvalue weighted by molar-refractivity contribution is 4.91. The molecule has 0 aromatic rings. The molecule has 2 saturated carbocycles. The van der Waals surface area contributed by atoms with Gasteiger partial charge in [0.15, 0.2) is 0 Å². The van der Waals surface area contributed by atoms with Gasteiger partial charge in [-0.1, -0.05) is 20.8 Å². The molecule has 64 valence electrons. The van der Waals surface area contributed by atoms with E-state index in [0.717, 1.165) is 29.6 Å². The van der Waals surface area contributed by atoms with Crippen molar-refractivity contribution in [3.63, 3.8) is 0 Å². The van der Waals surface area contributed by atoms with Gasteiger partial charge < -0.3 is 0 Å². The summed E-state index contributed by atoms with van der Waals surface area (Å²) in [6, 6.07) is 0. The number of rotatable bonds is 2. The molecule has 11 heavy (non-hydrogen) atoms. The smallest absolute Gasteiger partial charge is 0.0381 e. The Morgan fingerprint density at radius 1 is 0.909 bits per heavy atom. The Balaban J connectivity index is 1.73. The molecular formula is C11H20. The van der Waals surface area contributed by atoms with Crippen molar-refractivity contribution >= 4 is 0 Å². The van der Waals surface area contributed by atoms with Gasteiger partial charge in [0.25, 0.3) is 0 Å². The maximum Gasteiger partial charge on any atom is -0.0381 e. The molecule has 0 N–H and O–H groups in total. The lowest BCUT2D eigenvalue weighted by molar-refractivity contribution is 0.0886. The fourth-order valence-electron chi connectivity index (χ4n) is 2.60. The van der Waals surface area contributed by atoms with Gasteiger partial charge in [0.2, 0.25) is 0 Å². The minimum Gasteiger partial charge on any atom is -0.0622 e. The van der Waals surface area contributed by atoms with Gasteiger partial charge in [0.05, 0.1) is 0 Å². The molecule has 0 amide bonds. The lowest BCUT2D eigenvalue weighted by Gasteiger charge is -2.41. The van der Waals surface area contributed by atoms with E-state index < -0.39 is 0 Å². The lowest BCUT2D eigenvalue weighted by atomic mass is 9.65. The van der Waals surface area contributed by atoms with Crippen molar-refractivity contribution in [2.45, 2.75) is 40.0 Å². The predicted molar refractivity (Wildman–Crippen MR) is 48.3 cm³/mol. The first kappa shape index (κ1) is 7.64. The van der Waals surface area contributed by atoms with Crippen LogP contribution in [0.2, 0.25) is 0 Å². The van der Waals surface area contributed by atoms with Gasteiger partial charge in [0, 0.05) is 0 Å². The first-order valence-electron chi connectivity index (χ1n) is 5.18. The summed E-state index contributed by atoms with van der Waals surface area (Å²) >= 11 is 0. The number of hydrogen-bond donors (Lipinski definition) is 0. The zero-order valence-corrected chi connectivity index (χ0v) is 8.01. The van der Waals surface area contributed by atoms with Gasteiger partial charge in [-0.15, -0.1) is 0 Å². The van der Waals surface area contributed by atoms with Crippen LogP contribution in [0.5, 0.6) is 0 Å². The van der Waals surface area contributed by atoms with E-state index in [2.05, 4.69) is 20.8 Å². The summed E-state index contributed by atoms with van der Waals surface area (Å²) < 4.78 is 0. The Hall–Kier alpha value is 0. The van der Waals surface area contributed by atoms with Crippen LogP contribution in [0.25, 0.3) is 0 Å². The highest BCUT2D eigenvalue weighted by Crippen LogP contribution is 2.50. The summed E-state index contributed by atoms with van der Waals surface area (Å²) in [5.74, 6) is 5.34. The molecule has 0 spiro atoms. The molecule has 2 aliphatic carbocycles. The Labute approximate surface area is 70.4 Å². The van der Waals surface area contributed by atoms with Gasteiger partial charge in [-0.2, -0.15) is 0 Å². The van der Waals surface area contributed by atoms with Crippen LogP contribution in [0.3, 0.4) is 0 Å². The molecular weight excluding hydrogens is 132 g/mol. The second kappa shape index (κ2) is 2.50. The van der Waals surface area contributed by atoms with Crippen molar-refractivity contribution in [1.82, 2.24) is 0 Å². The summed E-state index contributed by atoms with van der Waals surface area (Å²) in [4.78, 5) is 0. The zero-order chi connectivity index (χ0) is 8.01. The number of hydrogen-bond acceptors (Lipinski definition) is 0.